The highest BCUT2D eigenvalue weighted by Crippen LogP contribution is 2.33. The molecule has 9 nitrogen and oxygen atoms in total. The molecule has 0 aliphatic heterocycles. The zero-order valence-corrected chi connectivity index (χ0v) is 18.2. The molecule has 3 aromatic heterocycles. The van der Waals surface area contributed by atoms with Gasteiger partial charge in [0.25, 0.3) is 11.8 Å². The second kappa shape index (κ2) is 9.06. The van der Waals surface area contributed by atoms with E-state index in [2.05, 4.69) is 25.6 Å². The van der Waals surface area contributed by atoms with Crippen molar-refractivity contribution in [1.82, 2.24) is 30.3 Å². The van der Waals surface area contributed by atoms with Gasteiger partial charge in [0.1, 0.15) is 11.4 Å². The maximum Gasteiger partial charge on any atom is 0.435 e. The molecule has 1 atom stereocenters. The number of amides is 1. The van der Waals surface area contributed by atoms with E-state index >= 15 is 0 Å². The predicted molar refractivity (Wildman–Crippen MR) is 115 cm³/mol. The highest BCUT2D eigenvalue weighted by Gasteiger charge is 2.36. The Hall–Kier alpha value is -4.06. The van der Waals surface area contributed by atoms with Gasteiger partial charge in [-0.25, -0.2) is 9.67 Å². The fourth-order valence-corrected chi connectivity index (χ4v) is 3.11. The number of halogens is 3. The van der Waals surface area contributed by atoms with Crippen molar-refractivity contribution in [2.75, 3.05) is 0 Å². The van der Waals surface area contributed by atoms with Crippen LogP contribution in [0.4, 0.5) is 13.2 Å². The fourth-order valence-electron chi connectivity index (χ4n) is 3.11. The number of hydrogen-bond donors (Lipinski definition) is 2. The summed E-state index contributed by atoms with van der Waals surface area (Å²) in [5.41, 5.74) is 6.44. The Kier molecular flexibility index (Phi) is 6.16. The summed E-state index contributed by atoms with van der Waals surface area (Å²) in [5, 5.41) is 14.2. The van der Waals surface area contributed by atoms with Gasteiger partial charge < -0.3 is 15.5 Å². The van der Waals surface area contributed by atoms with Crippen LogP contribution in [0.3, 0.4) is 0 Å². The SMILES string of the molecule is Cc1cccc(-c2nnc(-c3cc(C(F)(F)F)nn3-c3cccc(CNC(=O)[C@H](C)N)c3)o2)n1. The standard InChI is InChI=1S/C22H20F3N7O2/c1-12-5-3-8-16(28-12)20-29-30-21(34-20)17-10-18(22(23,24)25)31-32(17)15-7-4-6-14(9-15)11-27-19(33)13(2)26/h3-10,13H,11,26H2,1-2H3,(H,27,33)/t13-/m0/s1. The zero-order chi connectivity index (χ0) is 24.5. The molecule has 12 heteroatoms. The van der Waals surface area contributed by atoms with Gasteiger partial charge >= 0.3 is 6.18 Å². The van der Waals surface area contributed by atoms with E-state index in [4.69, 9.17) is 10.2 Å². The molecule has 0 unspecified atom stereocenters. The molecule has 0 saturated carbocycles. The van der Waals surface area contributed by atoms with E-state index in [1.54, 1.807) is 56.3 Å². The predicted octanol–water partition coefficient (Wildman–Crippen LogP) is 3.27. The lowest BCUT2D eigenvalue weighted by Gasteiger charge is -2.10. The number of benzene rings is 1. The van der Waals surface area contributed by atoms with Crippen LogP contribution in [0, 0.1) is 6.92 Å². The summed E-state index contributed by atoms with van der Waals surface area (Å²) in [6, 6.07) is 11.9. The highest BCUT2D eigenvalue weighted by atomic mass is 19.4. The third-order valence-corrected chi connectivity index (χ3v) is 4.79. The topological polar surface area (TPSA) is 125 Å². The largest absolute Gasteiger partial charge is 0.435 e. The van der Waals surface area contributed by atoms with Crippen molar-refractivity contribution >= 4 is 5.91 Å². The minimum atomic E-state index is -4.69. The van der Waals surface area contributed by atoms with E-state index in [9.17, 15) is 18.0 Å². The fraction of sp³-hybridized carbons (Fsp3) is 0.227. The number of nitrogens with two attached hydrogens (primary N) is 1. The van der Waals surface area contributed by atoms with Crippen molar-refractivity contribution in [1.29, 1.82) is 0 Å². The first kappa shape index (κ1) is 23.1. The van der Waals surface area contributed by atoms with E-state index < -0.39 is 17.9 Å². The normalized spacial score (nSPS) is 12.5. The summed E-state index contributed by atoms with van der Waals surface area (Å²) in [6.07, 6.45) is -4.69. The number of carbonyl (C=O) groups excluding carboxylic acids is 1. The van der Waals surface area contributed by atoms with Crippen LogP contribution in [0.25, 0.3) is 28.9 Å². The molecule has 0 fully saturated rings. The van der Waals surface area contributed by atoms with Crippen molar-refractivity contribution in [3.05, 3.63) is 65.5 Å². The minimum Gasteiger partial charge on any atom is -0.413 e. The van der Waals surface area contributed by atoms with Crippen LogP contribution < -0.4 is 11.1 Å². The molecule has 1 aromatic carbocycles. The van der Waals surface area contributed by atoms with Crippen LogP contribution in [-0.4, -0.2) is 36.9 Å². The Morgan fingerprint density at radius 3 is 2.59 bits per heavy atom. The summed E-state index contributed by atoms with van der Waals surface area (Å²) in [7, 11) is 0. The summed E-state index contributed by atoms with van der Waals surface area (Å²) in [5.74, 6) is -0.447. The molecule has 176 valence electrons. The van der Waals surface area contributed by atoms with Gasteiger partial charge in [-0.05, 0) is 43.7 Å². The summed E-state index contributed by atoms with van der Waals surface area (Å²) < 4.78 is 47.2. The number of alkyl halides is 3. The van der Waals surface area contributed by atoms with E-state index in [1.165, 1.54) is 0 Å². The Labute approximate surface area is 191 Å². The average molecular weight is 471 g/mol. The maximum atomic E-state index is 13.5. The molecule has 4 rings (SSSR count). The molecule has 3 N–H and O–H groups in total. The van der Waals surface area contributed by atoms with E-state index in [1.807, 2.05) is 0 Å². The average Bonchev–Trinajstić information content (AvgIpc) is 3.45. The van der Waals surface area contributed by atoms with Gasteiger partial charge in [0, 0.05) is 18.3 Å². The first-order chi connectivity index (χ1) is 16.1. The number of rotatable bonds is 6. The number of aryl methyl sites for hydroxylation is 1. The highest BCUT2D eigenvalue weighted by molar-refractivity contribution is 5.80. The lowest BCUT2D eigenvalue weighted by molar-refractivity contribution is -0.141. The molecule has 1 amide bonds. The van der Waals surface area contributed by atoms with E-state index in [0.717, 1.165) is 16.4 Å². The Balaban J connectivity index is 1.73. The number of hydrogen-bond acceptors (Lipinski definition) is 7. The maximum absolute atomic E-state index is 13.5. The molecule has 3 heterocycles. The van der Waals surface area contributed by atoms with Crippen molar-refractivity contribution in [2.45, 2.75) is 32.6 Å². The molecule has 0 radical (unpaired) electrons. The van der Waals surface area contributed by atoms with Crippen LogP contribution in [0.5, 0.6) is 0 Å². The summed E-state index contributed by atoms with van der Waals surface area (Å²) >= 11 is 0. The number of carbonyl (C=O) groups is 1. The third kappa shape index (κ3) is 4.96. The summed E-state index contributed by atoms with van der Waals surface area (Å²) in [6.45, 7) is 3.47. The molecule has 0 aliphatic carbocycles. The van der Waals surface area contributed by atoms with Crippen molar-refractivity contribution in [2.24, 2.45) is 5.73 Å². The van der Waals surface area contributed by atoms with E-state index in [0.29, 0.717) is 16.9 Å². The molecule has 0 aliphatic rings. The first-order valence-corrected chi connectivity index (χ1v) is 10.2. The number of pyridine rings is 1. The molecule has 4 aromatic rings. The van der Waals surface area contributed by atoms with Gasteiger partial charge in [0.2, 0.25) is 5.91 Å². The van der Waals surface area contributed by atoms with Gasteiger partial charge in [0.05, 0.1) is 11.7 Å². The lowest BCUT2D eigenvalue weighted by Crippen LogP contribution is -2.37. The third-order valence-electron chi connectivity index (χ3n) is 4.79. The van der Waals surface area contributed by atoms with E-state index in [-0.39, 0.29) is 29.9 Å². The minimum absolute atomic E-state index is 0.0458. The van der Waals surface area contributed by atoms with Gasteiger partial charge in [0.15, 0.2) is 5.69 Å². The van der Waals surface area contributed by atoms with Crippen molar-refractivity contribution in [3.63, 3.8) is 0 Å². The first-order valence-electron chi connectivity index (χ1n) is 10.2. The Morgan fingerprint density at radius 2 is 1.88 bits per heavy atom. The van der Waals surface area contributed by atoms with Gasteiger partial charge in [-0.15, -0.1) is 10.2 Å². The van der Waals surface area contributed by atoms with Crippen LogP contribution in [0.2, 0.25) is 0 Å². The van der Waals surface area contributed by atoms with Crippen molar-refractivity contribution < 1.29 is 22.4 Å². The quantitative estimate of drug-likeness (QED) is 0.442. The van der Waals surface area contributed by atoms with Crippen molar-refractivity contribution in [3.8, 4) is 28.9 Å². The second-order valence-electron chi connectivity index (χ2n) is 7.58. The second-order valence-corrected chi connectivity index (χ2v) is 7.58. The monoisotopic (exact) mass is 471 g/mol. The molecule has 0 spiro atoms. The molecule has 34 heavy (non-hydrogen) atoms. The summed E-state index contributed by atoms with van der Waals surface area (Å²) in [4.78, 5) is 16.0. The molecular formula is C22H20F3N7O2. The van der Waals surface area contributed by atoms with Crippen LogP contribution in [0.1, 0.15) is 23.9 Å². The lowest BCUT2D eigenvalue weighted by atomic mass is 10.2. The Morgan fingerprint density at radius 1 is 1.15 bits per heavy atom. The van der Waals surface area contributed by atoms with Crippen LogP contribution >= 0.6 is 0 Å². The number of nitrogens with one attached hydrogen (secondary N) is 1. The molecule has 0 saturated heterocycles. The molecular weight excluding hydrogens is 451 g/mol. The van der Waals surface area contributed by atoms with Gasteiger partial charge in [-0.2, -0.15) is 18.3 Å². The van der Waals surface area contributed by atoms with Crippen LogP contribution in [0.15, 0.2) is 52.9 Å². The number of nitrogens with zero attached hydrogens (tertiary/aromatic N) is 5. The smallest absolute Gasteiger partial charge is 0.413 e. The van der Waals surface area contributed by atoms with Crippen LogP contribution in [-0.2, 0) is 17.5 Å². The zero-order valence-electron chi connectivity index (χ0n) is 18.2. The van der Waals surface area contributed by atoms with Gasteiger partial charge in [-0.1, -0.05) is 18.2 Å². The van der Waals surface area contributed by atoms with Gasteiger partial charge in [-0.3, -0.25) is 4.79 Å². The Bertz CT molecular complexity index is 1330. The molecule has 0 bridgehead atoms. The number of aromatic nitrogens is 5.